The van der Waals surface area contributed by atoms with Crippen LogP contribution in [0.2, 0.25) is 0 Å². The van der Waals surface area contributed by atoms with Crippen LogP contribution in [0.1, 0.15) is 24.1 Å². The smallest absolute Gasteiger partial charge is 0.238 e. The van der Waals surface area contributed by atoms with Gasteiger partial charge < -0.3 is 15.0 Å². The summed E-state index contributed by atoms with van der Waals surface area (Å²) in [6, 6.07) is 3.85. The van der Waals surface area contributed by atoms with Gasteiger partial charge in [-0.25, -0.2) is 9.98 Å². The van der Waals surface area contributed by atoms with Gasteiger partial charge in [0.05, 0.1) is 0 Å². The zero-order valence-electron chi connectivity index (χ0n) is 12.3. The Bertz CT molecular complexity index is 750. The van der Waals surface area contributed by atoms with Gasteiger partial charge >= 0.3 is 0 Å². The van der Waals surface area contributed by atoms with E-state index in [9.17, 15) is 5.11 Å². The number of halogens is 2. The maximum absolute atomic E-state index is 10.0. The van der Waals surface area contributed by atoms with E-state index in [0.717, 1.165) is 30.2 Å². The van der Waals surface area contributed by atoms with Crippen molar-refractivity contribution < 1.29 is 5.11 Å². The molecule has 1 fully saturated rings. The number of hydrogen-bond donors (Lipinski definition) is 2. The number of nitrogens with one attached hydrogen (secondary N) is 1. The molecule has 23 heavy (non-hydrogen) atoms. The van der Waals surface area contributed by atoms with E-state index in [1.165, 1.54) is 12.8 Å². The van der Waals surface area contributed by atoms with E-state index in [1.807, 2.05) is 18.2 Å². The molecule has 2 aliphatic heterocycles. The molecule has 4 rings (SSSR count). The van der Waals surface area contributed by atoms with Crippen LogP contribution in [-0.4, -0.2) is 39.4 Å². The Kier molecular flexibility index (Phi) is 5.28. The molecule has 2 N–H and O–H groups in total. The predicted octanol–water partition coefficient (Wildman–Crippen LogP) is 3.21. The number of allylic oxidation sites excluding steroid dienone is 1. The second-order valence-electron chi connectivity index (χ2n) is 5.22. The lowest BCUT2D eigenvalue weighted by molar-refractivity contribution is 0.455. The first-order valence-corrected chi connectivity index (χ1v) is 7.06. The molecule has 0 spiro atoms. The van der Waals surface area contributed by atoms with Gasteiger partial charge in [0.15, 0.2) is 5.82 Å². The molecule has 2 aromatic heterocycles. The van der Waals surface area contributed by atoms with Gasteiger partial charge in [0.2, 0.25) is 11.8 Å². The highest BCUT2D eigenvalue weighted by molar-refractivity contribution is 6.20. The number of H-pyrrole nitrogens is 1. The van der Waals surface area contributed by atoms with Gasteiger partial charge in [-0.3, -0.25) is 0 Å². The van der Waals surface area contributed by atoms with Gasteiger partial charge in [-0.15, -0.1) is 24.8 Å². The Hall–Kier alpha value is -2.05. The molecular formula is C15H17Cl2N5O. The van der Waals surface area contributed by atoms with Crippen LogP contribution >= 0.6 is 24.8 Å². The van der Waals surface area contributed by atoms with Gasteiger partial charge in [-0.2, -0.15) is 4.98 Å². The lowest BCUT2D eigenvalue weighted by Crippen LogP contribution is -2.18. The molecule has 2 aromatic rings. The first-order chi connectivity index (χ1) is 10.3. The van der Waals surface area contributed by atoms with Crippen molar-refractivity contribution in [2.24, 2.45) is 4.99 Å². The minimum atomic E-state index is 0. The summed E-state index contributed by atoms with van der Waals surface area (Å²) in [5.74, 6) is 1.47. The number of rotatable bonds is 2. The predicted molar refractivity (Wildman–Crippen MR) is 96.5 cm³/mol. The highest BCUT2D eigenvalue weighted by Crippen LogP contribution is 2.32. The normalized spacial score (nSPS) is 17.0. The number of pyridine rings is 1. The van der Waals surface area contributed by atoms with Gasteiger partial charge in [-0.05, 0) is 31.1 Å². The second-order valence-corrected chi connectivity index (χ2v) is 5.22. The van der Waals surface area contributed by atoms with Crippen LogP contribution in [-0.2, 0) is 0 Å². The minimum Gasteiger partial charge on any atom is -0.492 e. The van der Waals surface area contributed by atoms with E-state index < -0.39 is 0 Å². The number of nitrogens with zero attached hydrogens (tertiary/aromatic N) is 4. The molecule has 4 heterocycles. The number of imidazole rings is 1. The van der Waals surface area contributed by atoms with Crippen molar-refractivity contribution in [1.82, 2.24) is 15.0 Å². The lowest BCUT2D eigenvalue weighted by Gasteiger charge is -2.12. The molecule has 0 unspecified atom stereocenters. The standard InChI is InChI=1S/C15H15N5O.2ClH/c21-14-12(18-15(19-14)20-6-1-2-7-20)8-10-9-17-13-11(10)4-3-5-16-13;;/h3-5,8-9,21H,1-2,6-7H2,(H,18,19);2*1H. The first kappa shape index (κ1) is 17.3. The van der Waals surface area contributed by atoms with Crippen molar-refractivity contribution in [2.45, 2.75) is 12.8 Å². The fraction of sp³-hybridized carbons (Fsp3) is 0.267. The average Bonchev–Trinajstić information content (AvgIpc) is 3.21. The summed E-state index contributed by atoms with van der Waals surface area (Å²) in [7, 11) is 0. The van der Waals surface area contributed by atoms with E-state index in [0.29, 0.717) is 11.5 Å². The minimum absolute atomic E-state index is 0. The van der Waals surface area contributed by atoms with Crippen LogP contribution in [0.3, 0.4) is 0 Å². The Morgan fingerprint density at radius 3 is 2.78 bits per heavy atom. The quantitative estimate of drug-likeness (QED) is 0.868. The second kappa shape index (κ2) is 7.02. The van der Waals surface area contributed by atoms with Gasteiger partial charge in [0, 0.05) is 36.6 Å². The number of anilines is 1. The van der Waals surface area contributed by atoms with Gasteiger partial charge in [0.25, 0.3) is 0 Å². The van der Waals surface area contributed by atoms with Crippen molar-refractivity contribution in [1.29, 1.82) is 0 Å². The van der Waals surface area contributed by atoms with Crippen LogP contribution in [0.4, 0.5) is 11.8 Å². The molecule has 0 saturated carbocycles. The SMILES string of the molecule is Cl.Cl.Oc1nc(N2CCCC2)[nH]c1C=C1C=Nc2ncccc21. The van der Waals surface area contributed by atoms with E-state index in [2.05, 4.69) is 24.8 Å². The van der Waals surface area contributed by atoms with Crippen LogP contribution in [0, 0.1) is 0 Å². The Morgan fingerprint density at radius 1 is 1.22 bits per heavy atom. The highest BCUT2D eigenvalue weighted by Gasteiger charge is 2.19. The summed E-state index contributed by atoms with van der Waals surface area (Å²) in [5, 5.41) is 10.0. The van der Waals surface area contributed by atoms with E-state index in [4.69, 9.17) is 0 Å². The number of aromatic amines is 1. The number of aromatic hydroxyl groups is 1. The third-order valence-corrected chi connectivity index (χ3v) is 3.83. The van der Waals surface area contributed by atoms with E-state index >= 15 is 0 Å². The Morgan fingerprint density at radius 2 is 2.00 bits per heavy atom. The molecule has 0 radical (unpaired) electrons. The number of aliphatic imine (C=N–C) groups is 1. The van der Waals surface area contributed by atoms with Crippen molar-refractivity contribution in [3.8, 4) is 5.88 Å². The zero-order chi connectivity index (χ0) is 14.2. The van der Waals surface area contributed by atoms with Crippen LogP contribution in [0.5, 0.6) is 5.88 Å². The molecule has 6 nitrogen and oxygen atoms in total. The molecular weight excluding hydrogens is 337 g/mol. The lowest BCUT2D eigenvalue weighted by atomic mass is 10.1. The van der Waals surface area contributed by atoms with Crippen LogP contribution < -0.4 is 4.90 Å². The molecule has 0 aromatic carbocycles. The maximum atomic E-state index is 10.0. The summed E-state index contributed by atoms with van der Waals surface area (Å²) in [6.07, 6.45) is 7.68. The van der Waals surface area contributed by atoms with E-state index in [-0.39, 0.29) is 30.7 Å². The molecule has 0 aliphatic carbocycles. The van der Waals surface area contributed by atoms with Crippen molar-refractivity contribution in [2.75, 3.05) is 18.0 Å². The van der Waals surface area contributed by atoms with Crippen molar-refractivity contribution in [3.05, 3.63) is 29.6 Å². The van der Waals surface area contributed by atoms with Gasteiger partial charge in [0.1, 0.15) is 5.69 Å². The summed E-state index contributed by atoms with van der Waals surface area (Å²) in [6.45, 7) is 1.97. The van der Waals surface area contributed by atoms with E-state index in [1.54, 1.807) is 12.4 Å². The molecule has 0 bridgehead atoms. The average molecular weight is 354 g/mol. The number of fused-ring (bicyclic) bond motifs is 1. The third kappa shape index (κ3) is 3.18. The third-order valence-electron chi connectivity index (χ3n) is 3.83. The van der Waals surface area contributed by atoms with Crippen LogP contribution in [0.15, 0.2) is 23.3 Å². The summed E-state index contributed by atoms with van der Waals surface area (Å²) < 4.78 is 0. The number of hydrogen-bond acceptors (Lipinski definition) is 5. The molecule has 2 aliphatic rings. The van der Waals surface area contributed by atoms with Crippen LogP contribution in [0.25, 0.3) is 11.6 Å². The Balaban J connectivity index is 0.000000960. The summed E-state index contributed by atoms with van der Waals surface area (Å²) in [5.41, 5.74) is 2.49. The molecule has 1 saturated heterocycles. The first-order valence-electron chi connectivity index (χ1n) is 7.06. The molecule has 0 amide bonds. The molecule has 0 atom stereocenters. The molecule has 8 heteroatoms. The van der Waals surface area contributed by atoms with Crippen molar-refractivity contribution in [3.63, 3.8) is 0 Å². The summed E-state index contributed by atoms with van der Waals surface area (Å²) in [4.78, 5) is 18.0. The largest absolute Gasteiger partial charge is 0.492 e. The highest BCUT2D eigenvalue weighted by atomic mass is 35.5. The fourth-order valence-electron chi connectivity index (χ4n) is 2.74. The Labute approximate surface area is 146 Å². The topological polar surface area (TPSA) is 77.4 Å². The summed E-state index contributed by atoms with van der Waals surface area (Å²) >= 11 is 0. The van der Waals surface area contributed by atoms with Crippen molar-refractivity contribution >= 4 is 54.4 Å². The zero-order valence-corrected chi connectivity index (χ0v) is 13.9. The monoisotopic (exact) mass is 353 g/mol. The fourth-order valence-corrected chi connectivity index (χ4v) is 2.74. The van der Waals surface area contributed by atoms with Gasteiger partial charge in [-0.1, -0.05) is 0 Å². The molecule has 122 valence electrons. The maximum Gasteiger partial charge on any atom is 0.238 e. The number of aromatic nitrogens is 3.